The molecule has 0 heterocycles. The van der Waals surface area contributed by atoms with Crippen molar-refractivity contribution < 1.29 is 4.79 Å². The van der Waals surface area contributed by atoms with E-state index >= 15 is 0 Å². The second-order valence-electron chi connectivity index (χ2n) is 5.54. The quantitative estimate of drug-likeness (QED) is 0.468. The van der Waals surface area contributed by atoms with Crippen LogP contribution in [-0.2, 0) is 4.79 Å². The second-order valence-corrected chi connectivity index (χ2v) is 5.54. The zero-order valence-corrected chi connectivity index (χ0v) is 13.3. The maximum atomic E-state index is 11.4. The van der Waals surface area contributed by atoms with Crippen LogP contribution in [0.4, 0.5) is 0 Å². The minimum atomic E-state index is 0.0937. The summed E-state index contributed by atoms with van der Waals surface area (Å²) in [7, 11) is 0. The Balaban J connectivity index is 3.09. The molecule has 0 saturated carbocycles. The monoisotopic (exact) mass is 280 g/mol. The Labute approximate surface area is 125 Å². The fraction of sp³-hybridized carbons (Fsp3) is 0.882. The number of nitrogens with zero attached hydrogens (tertiary/aromatic N) is 1. The number of nitrogens with one attached hydrogen (secondary N) is 1. The van der Waals surface area contributed by atoms with Crippen molar-refractivity contribution in [2.45, 2.75) is 90.4 Å². The van der Waals surface area contributed by atoms with Crippen molar-refractivity contribution >= 4 is 5.91 Å². The van der Waals surface area contributed by atoms with E-state index in [2.05, 4.69) is 12.2 Å². The molecular weight excluding hydrogens is 248 g/mol. The lowest BCUT2D eigenvalue weighted by atomic mass is 10.1. The number of hydrogen-bond acceptors (Lipinski definition) is 2. The molecule has 1 N–H and O–H groups in total. The standard InChI is InChI=1S/C17H32N2O/c1-2-3-4-5-6-7-8-9-10-11-12-14-17(20)19-16-13-15-18/h2-14,16H2,1H3,(H,19,20). The first-order valence-corrected chi connectivity index (χ1v) is 8.45. The Hall–Kier alpha value is -1.04. The minimum Gasteiger partial charge on any atom is -0.355 e. The molecule has 116 valence electrons. The molecule has 0 fully saturated rings. The summed E-state index contributed by atoms with van der Waals surface area (Å²) in [5, 5.41) is 11.1. The molecule has 0 aliphatic rings. The van der Waals surface area contributed by atoms with Crippen molar-refractivity contribution in [2.75, 3.05) is 6.54 Å². The van der Waals surface area contributed by atoms with Crippen LogP contribution < -0.4 is 5.32 Å². The van der Waals surface area contributed by atoms with Gasteiger partial charge >= 0.3 is 0 Å². The number of hydrogen-bond donors (Lipinski definition) is 1. The fourth-order valence-electron chi connectivity index (χ4n) is 2.30. The molecule has 1 amide bonds. The minimum absolute atomic E-state index is 0.0937. The Morgan fingerprint density at radius 1 is 0.900 bits per heavy atom. The Kier molecular flexibility index (Phi) is 15.2. The molecule has 0 aliphatic carbocycles. The summed E-state index contributed by atoms with van der Waals surface area (Å²) in [6.45, 7) is 2.75. The van der Waals surface area contributed by atoms with E-state index in [-0.39, 0.29) is 5.91 Å². The molecule has 20 heavy (non-hydrogen) atoms. The molecule has 0 aromatic heterocycles. The van der Waals surface area contributed by atoms with E-state index in [1.807, 2.05) is 6.07 Å². The van der Waals surface area contributed by atoms with Crippen LogP contribution >= 0.6 is 0 Å². The van der Waals surface area contributed by atoms with Gasteiger partial charge in [0.1, 0.15) is 0 Å². The van der Waals surface area contributed by atoms with Crippen LogP contribution in [0, 0.1) is 11.3 Å². The summed E-state index contributed by atoms with van der Waals surface area (Å²) in [6.07, 6.45) is 15.3. The smallest absolute Gasteiger partial charge is 0.220 e. The molecular formula is C17H32N2O. The lowest BCUT2D eigenvalue weighted by Gasteiger charge is -2.03. The number of nitriles is 1. The lowest BCUT2D eigenvalue weighted by molar-refractivity contribution is -0.121. The van der Waals surface area contributed by atoms with Crippen molar-refractivity contribution in [1.29, 1.82) is 5.26 Å². The molecule has 0 bridgehead atoms. The zero-order chi connectivity index (χ0) is 14.9. The number of carbonyl (C=O) groups is 1. The summed E-state index contributed by atoms with van der Waals surface area (Å²) in [5.74, 6) is 0.0937. The van der Waals surface area contributed by atoms with Gasteiger partial charge in [0.25, 0.3) is 0 Å². The first-order chi connectivity index (χ1) is 9.81. The molecule has 0 aromatic carbocycles. The van der Waals surface area contributed by atoms with Crippen LogP contribution in [0.5, 0.6) is 0 Å². The van der Waals surface area contributed by atoms with Crippen LogP contribution in [0.15, 0.2) is 0 Å². The highest BCUT2D eigenvalue weighted by molar-refractivity contribution is 5.75. The normalized spacial score (nSPS) is 10.2. The van der Waals surface area contributed by atoms with Gasteiger partial charge in [-0.2, -0.15) is 5.26 Å². The third-order valence-corrected chi connectivity index (χ3v) is 3.57. The topological polar surface area (TPSA) is 52.9 Å². The SMILES string of the molecule is CCCCCCCCCCCCCC(=O)NCCC#N. The average molecular weight is 280 g/mol. The molecule has 0 rings (SSSR count). The van der Waals surface area contributed by atoms with E-state index in [4.69, 9.17) is 5.26 Å². The van der Waals surface area contributed by atoms with Gasteiger partial charge in [-0.25, -0.2) is 0 Å². The van der Waals surface area contributed by atoms with E-state index in [0.717, 1.165) is 12.8 Å². The molecule has 3 heteroatoms. The summed E-state index contributed by atoms with van der Waals surface area (Å²) >= 11 is 0. The predicted octanol–water partition coefficient (Wildman–Crippen LogP) is 4.72. The van der Waals surface area contributed by atoms with Gasteiger partial charge in [0.2, 0.25) is 5.91 Å². The average Bonchev–Trinajstić information content (AvgIpc) is 2.45. The molecule has 0 unspecified atom stereocenters. The van der Waals surface area contributed by atoms with Gasteiger partial charge in [0, 0.05) is 13.0 Å². The zero-order valence-electron chi connectivity index (χ0n) is 13.3. The molecule has 0 radical (unpaired) electrons. The van der Waals surface area contributed by atoms with Crippen molar-refractivity contribution in [2.24, 2.45) is 0 Å². The van der Waals surface area contributed by atoms with Gasteiger partial charge in [0.05, 0.1) is 12.5 Å². The first kappa shape index (κ1) is 19.0. The largest absolute Gasteiger partial charge is 0.355 e. The maximum absolute atomic E-state index is 11.4. The number of amides is 1. The van der Waals surface area contributed by atoms with Crippen molar-refractivity contribution in [3.05, 3.63) is 0 Å². The van der Waals surface area contributed by atoms with E-state index in [1.165, 1.54) is 57.8 Å². The van der Waals surface area contributed by atoms with Gasteiger partial charge < -0.3 is 5.32 Å². The van der Waals surface area contributed by atoms with Gasteiger partial charge in [-0.3, -0.25) is 4.79 Å². The molecule has 0 aromatic rings. The van der Waals surface area contributed by atoms with Gasteiger partial charge in [0.15, 0.2) is 0 Å². The van der Waals surface area contributed by atoms with Crippen LogP contribution in [0.1, 0.15) is 90.4 Å². The summed E-state index contributed by atoms with van der Waals surface area (Å²) < 4.78 is 0. The summed E-state index contributed by atoms with van der Waals surface area (Å²) in [4.78, 5) is 11.4. The van der Waals surface area contributed by atoms with E-state index in [1.54, 1.807) is 0 Å². The van der Waals surface area contributed by atoms with E-state index in [9.17, 15) is 4.79 Å². The summed E-state index contributed by atoms with van der Waals surface area (Å²) in [5.41, 5.74) is 0. The number of unbranched alkanes of at least 4 members (excludes halogenated alkanes) is 10. The maximum Gasteiger partial charge on any atom is 0.220 e. The molecule has 0 aliphatic heterocycles. The fourth-order valence-corrected chi connectivity index (χ4v) is 2.30. The van der Waals surface area contributed by atoms with E-state index < -0.39 is 0 Å². The van der Waals surface area contributed by atoms with Crippen LogP contribution in [0.3, 0.4) is 0 Å². The Bertz CT molecular complexity index is 258. The number of carbonyl (C=O) groups excluding carboxylic acids is 1. The highest BCUT2D eigenvalue weighted by atomic mass is 16.1. The first-order valence-electron chi connectivity index (χ1n) is 8.45. The van der Waals surface area contributed by atoms with E-state index in [0.29, 0.717) is 19.4 Å². The van der Waals surface area contributed by atoms with Crippen molar-refractivity contribution in [3.63, 3.8) is 0 Å². The second kappa shape index (κ2) is 16.0. The van der Waals surface area contributed by atoms with Crippen LogP contribution in [0.25, 0.3) is 0 Å². The van der Waals surface area contributed by atoms with Gasteiger partial charge in [-0.15, -0.1) is 0 Å². The van der Waals surface area contributed by atoms with Gasteiger partial charge in [-0.1, -0.05) is 71.1 Å². The lowest BCUT2D eigenvalue weighted by Crippen LogP contribution is -2.23. The van der Waals surface area contributed by atoms with Crippen LogP contribution in [-0.4, -0.2) is 12.5 Å². The van der Waals surface area contributed by atoms with Crippen molar-refractivity contribution in [1.82, 2.24) is 5.32 Å². The van der Waals surface area contributed by atoms with Crippen LogP contribution in [0.2, 0.25) is 0 Å². The van der Waals surface area contributed by atoms with Crippen molar-refractivity contribution in [3.8, 4) is 6.07 Å². The molecule has 0 saturated heterocycles. The molecule has 0 spiro atoms. The number of rotatable bonds is 14. The summed E-state index contributed by atoms with van der Waals surface area (Å²) in [6, 6.07) is 2.02. The predicted molar refractivity (Wildman–Crippen MR) is 84.3 cm³/mol. The highest BCUT2D eigenvalue weighted by Crippen LogP contribution is 2.11. The molecule has 0 atom stereocenters. The third-order valence-electron chi connectivity index (χ3n) is 3.57. The third kappa shape index (κ3) is 15.0. The highest BCUT2D eigenvalue weighted by Gasteiger charge is 1.99. The Morgan fingerprint density at radius 2 is 1.40 bits per heavy atom. The van der Waals surface area contributed by atoms with Gasteiger partial charge in [-0.05, 0) is 6.42 Å². The molecule has 3 nitrogen and oxygen atoms in total. The Morgan fingerprint density at radius 3 is 1.90 bits per heavy atom.